The van der Waals surface area contributed by atoms with Crippen molar-refractivity contribution in [2.45, 2.75) is 19.3 Å². The summed E-state index contributed by atoms with van der Waals surface area (Å²) >= 11 is 0. The molecule has 114 valence electrons. The lowest BCUT2D eigenvalue weighted by Crippen LogP contribution is -2.18. The Hall–Kier alpha value is -2.62. The van der Waals surface area contributed by atoms with Gasteiger partial charge in [-0.15, -0.1) is 0 Å². The van der Waals surface area contributed by atoms with Gasteiger partial charge >= 0.3 is 11.9 Å². The fourth-order valence-corrected chi connectivity index (χ4v) is 2.19. The summed E-state index contributed by atoms with van der Waals surface area (Å²) in [4.78, 5) is 23.7. The quantitative estimate of drug-likeness (QED) is 0.625. The summed E-state index contributed by atoms with van der Waals surface area (Å²) in [6, 6.07) is 15.8. The van der Waals surface area contributed by atoms with Crippen molar-refractivity contribution in [3.05, 3.63) is 65.7 Å². The number of hydrogen-bond acceptors (Lipinski definition) is 4. The van der Waals surface area contributed by atoms with E-state index in [1.165, 1.54) is 7.11 Å². The second-order valence-corrected chi connectivity index (χ2v) is 4.81. The molecule has 0 radical (unpaired) electrons. The van der Waals surface area contributed by atoms with Crippen LogP contribution < -0.4 is 4.74 Å². The van der Waals surface area contributed by atoms with E-state index in [-0.39, 0.29) is 11.9 Å². The zero-order chi connectivity index (χ0) is 15.9. The lowest BCUT2D eigenvalue weighted by molar-refractivity contribution is -0.136. The van der Waals surface area contributed by atoms with Crippen molar-refractivity contribution in [1.82, 2.24) is 0 Å². The van der Waals surface area contributed by atoms with Crippen molar-refractivity contribution in [2.75, 3.05) is 7.11 Å². The molecule has 0 fully saturated rings. The van der Waals surface area contributed by atoms with Crippen LogP contribution >= 0.6 is 0 Å². The summed E-state index contributed by atoms with van der Waals surface area (Å²) in [5.41, 5.74) is 1.35. The molecule has 1 atom stereocenters. The third-order valence-corrected chi connectivity index (χ3v) is 3.39. The summed E-state index contributed by atoms with van der Waals surface area (Å²) in [5, 5.41) is 0. The first-order valence-electron chi connectivity index (χ1n) is 7.10. The Labute approximate surface area is 129 Å². The summed E-state index contributed by atoms with van der Waals surface area (Å²) in [6.45, 7) is 1.94. The third kappa shape index (κ3) is 3.73. The molecule has 0 aliphatic heterocycles. The monoisotopic (exact) mass is 298 g/mol. The van der Waals surface area contributed by atoms with E-state index in [1.54, 1.807) is 24.3 Å². The second kappa shape index (κ2) is 7.41. The molecule has 2 aromatic carbocycles. The van der Waals surface area contributed by atoms with E-state index in [2.05, 4.69) is 4.74 Å². The van der Waals surface area contributed by atoms with Gasteiger partial charge in [0, 0.05) is 0 Å². The summed E-state index contributed by atoms with van der Waals surface area (Å²) in [6.07, 6.45) is 0.656. The van der Waals surface area contributed by atoms with Crippen LogP contribution in [0.2, 0.25) is 0 Å². The Morgan fingerprint density at radius 1 is 1.00 bits per heavy atom. The molecule has 1 unspecified atom stereocenters. The SMILES string of the molecule is CCC(C(=O)Oc1ccc(C(=O)OC)cc1)c1ccccc1. The Balaban J connectivity index is 2.09. The first-order chi connectivity index (χ1) is 10.7. The number of benzene rings is 2. The fourth-order valence-electron chi connectivity index (χ4n) is 2.19. The molecule has 0 aliphatic carbocycles. The zero-order valence-corrected chi connectivity index (χ0v) is 12.6. The highest BCUT2D eigenvalue weighted by molar-refractivity contribution is 5.89. The maximum absolute atomic E-state index is 12.3. The average Bonchev–Trinajstić information content (AvgIpc) is 2.56. The minimum absolute atomic E-state index is 0.304. The fraction of sp³-hybridized carbons (Fsp3) is 0.222. The van der Waals surface area contributed by atoms with Gasteiger partial charge in [0.05, 0.1) is 18.6 Å². The molecule has 0 saturated carbocycles. The Kier molecular flexibility index (Phi) is 5.31. The minimum atomic E-state index is -0.423. The van der Waals surface area contributed by atoms with E-state index in [0.717, 1.165) is 5.56 Å². The molecule has 0 aromatic heterocycles. The molecule has 0 N–H and O–H groups in total. The second-order valence-electron chi connectivity index (χ2n) is 4.81. The first kappa shape index (κ1) is 15.8. The van der Waals surface area contributed by atoms with E-state index in [4.69, 9.17) is 4.74 Å². The van der Waals surface area contributed by atoms with Crippen molar-refractivity contribution in [2.24, 2.45) is 0 Å². The van der Waals surface area contributed by atoms with Crippen molar-refractivity contribution in [1.29, 1.82) is 0 Å². The van der Waals surface area contributed by atoms with Crippen LogP contribution in [0.25, 0.3) is 0 Å². The van der Waals surface area contributed by atoms with Gasteiger partial charge in [-0.1, -0.05) is 37.3 Å². The van der Waals surface area contributed by atoms with E-state index < -0.39 is 5.97 Å². The normalized spacial score (nSPS) is 11.5. The molecule has 2 aromatic rings. The predicted molar refractivity (Wildman–Crippen MR) is 82.9 cm³/mol. The standard InChI is InChI=1S/C18H18O4/c1-3-16(13-7-5-4-6-8-13)18(20)22-15-11-9-14(10-12-15)17(19)21-2/h4-12,16H,3H2,1-2H3. The number of carbonyl (C=O) groups is 2. The molecule has 0 bridgehead atoms. The van der Waals surface area contributed by atoms with Gasteiger partial charge in [0.1, 0.15) is 5.75 Å². The van der Waals surface area contributed by atoms with Crippen molar-refractivity contribution in [3.8, 4) is 5.75 Å². The minimum Gasteiger partial charge on any atom is -0.465 e. The summed E-state index contributed by atoms with van der Waals surface area (Å²) < 4.78 is 10.0. The molecular weight excluding hydrogens is 280 g/mol. The van der Waals surface area contributed by atoms with Crippen LogP contribution in [0, 0.1) is 0 Å². The van der Waals surface area contributed by atoms with Gasteiger partial charge in [-0.25, -0.2) is 4.79 Å². The highest BCUT2D eigenvalue weighted by atomic mass is 16.5. The molecule has 0 heterocycles. The van der Waals surface area contributed by atoms with Gasteiger partial charge in [-0.3, -0.25) is 4.79 Å². The molecule has 2 rings (SSSR count). The van der Waals surface area contributed by atoms with Crippen molar-refractivity contribution < 1.29 is 19.1 Å². The van der Waals surface area contributed by atoms with Crippen LogP contribution in [0.5, 0.6) is 5.75 Å². The number of ether oxygens (including phenoxy) is 2. The Morgan fingerprint density at radius 3 is 2.18 bits per heavy atom. The summed E-state index contributed by atoms with van der Waals surface area (Å²) in [7, 11) is 1.32. The molecule has 4 heteroatoms. The van der Waals surface area contributed by atoms with Crippen LogP contribution in [0.3, 0.4) is 0 Å². The van der Waals surface area contributed by atoms with Crippen LogP contribution in [-0.2, 0) is 9.53 Å². The van der Waals surface area contributed by atoms with Crippen LogP contribution in [0.4, 0.5) is 0 Å². The number of hydrogen-bond donors (Lipinski definition) is 0. The van der Waals surface area contributed by atoms with Gasteiger partial charge in [0.15, 0.2) is 0 Å². The van der Waals surface area contributed by atoms with Gasteiger partial charge in [0.25, 0.3) is 0 Å². The van der Waals surface area contributed by atoms with Gasteiger partial charge in [-0.2, -0.15) is 0 Å². The molecule has 0 aliphatic rings. The van der Waals surface area contributed by atoms with Crippen LogP contribution in [0.1, 0.15) is 35.2 Å². The molecule has 0 saturated heterocycles. The largest absolute Gasteiger partial charge is 0.465 e. The third-order valence-electron chi connectivity index (χ3n) is 3.39. The smallest absolute Gasteiger partial charge is 0.337 e. The Morgan fingerprint density at radius 2 is 1.64 bits per heavy atom. The number of esters is 2. The average molecular weight is 298 g/mol. The highest BCUT2D eigenvalue weighted by Gasteiger charge is 2.20. The highest BCUT2D eigenvalue weighted by Crippen LogP contribution is 2.23. The number of methoxy groups -OCH3 is 1. The lowest BCUT2D eigenvalue weighted by Gasteiger charge is -2.14. The van der Waals surface area contributed by atoms with Gasteiger partial charge in [0.2, 0.25) is 0 Å². The molecule has 0 amide bonds. The van der Waals surface area contributed by atoms with Gasteiger partial charge < -0.3 is 9.47 Å². The predicted octanol–water partition coefficient (Wildman–Crippen LogP) is 3.57. The number of carbonyl (C=O) groups excluding carboxylic acids is 2. The number of rotatable bonds is 5. The van der Waals surface area contributed by atoms with E-state index >= 15 is 0 Å². The molecular formula is C18H18O4. The van der Waals surface area contributed by atoms with E-state index in [0.29, 0.717) is 17.7 Å². The van der Waals surface area contributed by atoms with Gasteiger partial charge in [-0.05, 0) is 36.2 Å². The van der Waals surface area contributed by atoms with Crippen molar-refractivity contribution in [3.63, 3.8) is 0 Å². The molecule has 0 spiro atoms. The zero-order valence-electron chi connectivity index (χ0n) is 12.6. The topological polar surface area (TPSA) is 52.6 Å². The van der Waals surface area contributed by atoms with E-state index in [1.807, 2.05) is 37.3 Å². The summed E-state index contributed by atoms with van der Waals surface area (Å²) in [5.74, 6) is -0.623. The maximum Gasteiger partial charge on any atom is 0.337 e. The van der Waals surface area contributed by atoms with Crippen molar-refractivity contribution >= 4 is 11.9 Å². The maximum atomic E-state index is 12.3. The molecule has 4 nitrogen and oxygen atoms in total. The van der Waals surface area contributed by atoms with Crippen LogP contribution in [-0.4, -0.2) is 19.0 Å². The van der Waals surface area contributed by atoms with Crippen LogP contribution in [0.15, 0.2) is 54.6 Å². The Bertz CT molecular complexity index is 632. The van der Waals surface area contributed by atoms with E-state index in [9.17, 15) is 9.59 Å². The lowest BCUT2D eigenvalue weighted by atomic mass is 9.97. The molecule has 22 heavy (non-hydrogen) atoms. The first-order valence-corrected chi connectivity index (χ1v) is 7.10.